The number of hydrogen-bond donors (Lipinski definition) is 2. The zero-order chi connectivity index (χ0) is 17.0. The van der Waals surface area contributed by atoms with E-state index in [0.29, 0.717) is 6.42 Å². The first-order chi connectivity index (χ1) is 11.5. The highest BCUT2D eigenvalue weighted by Gasteiger charge is 2.57. The predicted molar refractivity (Wildman–Crippen MR) is 86.3 cm³/mol. The molecule has 4 aliphatic heterocycles. The van der Waals surface area contributed by atoms with Gasteiger partial charge in [-0.2, -0.15) is 0 Å². The molecular formula is C17H23N3O4. The molecule has 4 heterocycles. The van der Waals surface area contributed by atoms with Crippen LogP contribution >= 0.6 is 0 Å². The van der Waals surface area contributed by atoms with Crippen molar-refractivity contribution in [2.45, 2.75) is 44.8 Å². The van der Waals surface area contributed by atoms with Gasteiger partial charge in [-0.15, -0.1) is 0 Å². The van der Waals surface area contributed by atoms with Crippen LogP contribution in [0.4, 0.5) is 0 Å². The van der Waals surface area contributed by atoms with Crippen LogP contribution in [0.5, 0.6) is 0 Å². The normalized spacial score (nSPS) is 33.7. The van der Waals surface area contributed by atoms with Crippen molar-refractivity contribution in [3.63, 3.8) is 0 Å². The minimum Gasteiger partial charge on any atom is -0.477 e. The molecule has 7 nitrogen and oxygen atoms in total. The maximum Gasteiger partial charge on any atom is 0.352 e. The Morgan fingerprint density at radius 1 is 1.42 bits per heavy atom. The quantitative estimate of drug-likeness (QED) is 0.732. The molecule has 0 aromatic rings. The number of carboxylic acid groups (broad SMARTS) is 1. The first kappa shape index (κ1) is 15.6. The fourth-order valence-corrected chi connectivity index (χ4v) is 4.73. The zero-order valence-electron chi connectivity index (χ0n) is 13.8. The van der Waals surface area contributed by atoms with Gasteiger partial charge in [0.15, 0.2) is 0 Å². The van der Waals surface area contributed by atoms with Crippen LogP contribution < -0.4 is 0 Å². The molecule has 2 N–H and O–H groups in total. The summed E-state index contributed by atoms with van der Waals surface area (Å²) in [6.07, 6.45) is 2.85. The van der Waals surface area contributed by atoms with E-state index >= 15 is 0 Å². The number of nitrogens with zero attached hydrogens (tertiary/aromatic N) is 3. The maximum atomic E-state index is 12.3. The summed E-state index contributed by atoms with van der Waals surface area (Å²) in [6, 6.07) is -0.184. The third-order valence-corrected chi connectivity index (χ3v) is 5.86. The fraction of sp³-hybridized carbons (Fsp3) is 0.706. The largest absolute Gasteiger partial charge is 0.477 e. The van der Waals surface area contributed by atoms with Crippen LogP contribution in [0.3, 0.4) is 0 Å². The maximum absolute atomic E-state index is 12.3. The molecule has 0 spiro atoms. The van der Waals surface area contributed by atoms with Gasteiger partial charge in [0.1, 0.15) is 5.70 Å². The molecule has 4 aliphatic rings. The molecule has 1 amide bonds. The lowest BCUT2D eigenvalue weighted by Crippen LogP contribution is -2.61. The molecule has 130 valence electrons. The molecule has 0 aromatic heterocycles. The van der Waals surface area contributed by atoms with Gasteiger partial charge in [-0.25, -0.2) is 4.79 Å². The van der Waals surface area contributed by atoms with E-state index in [1.807, 2.05) is 0 Å². The number of aliphatic carboxylic acids is 1. The first-order valence-electron chi connectivity index (χ1n) is 8.74. The van der Waals surface area contributed by atoms with Crippen LogP contribution in [0.2, 0.25) is 0 Å². The smallest absolute Gasteiger partial charge is 0.352 e. The number of rotatable bonds is 3. The van der Waals surface area contributed by atoms with Crippen molar-refractivity contribution >= 4 is 17.7 Å². The standard InChI is InChI=1S/C17H23N3O4/c1-9(21)14-12-7-11(15(17(23)24)20(12)16(14)22)10-4-6-19(8-10)13-3-2-5-18-13/h9-10,12,14,21H,2-8H2,1H3,(H,23,24)/t9-,10-,12-,14-/m1/s1. The second kappa shape index (κ2) is 5.58. The van der Waals surface area contributed by atoms with Crippen molar-refractivity contribution in [3.05, 3.63) is 11.3 Å². The molecule has 4 atom stereocenters. The number of hydrogen-bond acceptors (Lipinski definition) is 5. The molecule has 2 saturated heterocycles. The van der Waals surface area contributed by atoms with E-state index in [-0.39, 0.29) is 23.6 Å². The van der Waals surface area contributed by atoms with Gasteiger partial charge in [0.05, 0.1) is 23.9 Å². The van der Waals surface area contributed by atoms with Gasteiger partial charge >= 0.3 is 5.97 Å². The van der Waals surface area contributed by atoms with Crippen molar-refractivity contribution in [2.24, 2.45) is 16.8 Å². The Bertz CT molecular complexity index is 654. The van der Waals surface area contributed by atoms with Gasteiger partial charge in [0.2, 0.25) is 5.91 Å². The lowest BCUT2D eigenvalue weighted by molar-refractivity contribution is -0.161. The van der Waals surface area contributed by atoms with Crippen molar-refractivity contribution in [1.29, 1.82) is 0 Å². The Labute approximate surface area is 140 Å². The highest BCUT2D eigenvalue weighted by atomic mass is 16.4. The van der Waals surface area contributed by atoms with Crippen LogP contribution in [0.25, 0.3) is 0 Å². The number of fused-ring (bicyclic) bond motifs is 1. The van der Waals surface area contributed by atoms with E-state index in [1.165, 1.54) is 4.90 Å². The molecule has 24 heavy (non-hydrogen) atoms. The van der Waals surface area contributed by atoms with Gasteiger partial charge < -0.3 is 20.0 Å². The summed E-state index contributed by atoms with van der Waals surface area (Å²) in [6.45, 7) is 4.19. The summed E-state index contributed by atoms with van der Waals surface area (Å²) in [5.74, 6) is -0.436. The minimum absolute atomic E-state index is 0.160. The number of β-lactam (4-membered cyclic amide) rings is 1. The van der Waals surface area contributed by atoms with E-state index in [0.717, 1.165) is 50.3 Å². The van der Waals surface area contributed by atoms with Crippen LogP contribution in [-0.2, 0) is 9.59 Å². The summed E-state index contributed by atoms with van der Waals surface area (Å²) < 4.78 is 0. The number of carbonyl (C=O) groups is 2. The van der Waals surface area contributed by atoms with Gasteiger partial charge in [-0.05, 0) is 31.8 Å². The molecule has 2 fully saturated rings. The summed E-state index contributed by atoms with van der Waals surface area (Å²) in [5.41, 5.74) is 1.05. The second-order valence-electron chi connectivity index (χ2n) is 7.26. The average molecular weight is 333 g/mol. The summed E-state index contributed by atoms with van der Waals surface area (Å²) in [5, 5.41) is 19.4. The molecule has 0 unspecified atom stereocenters. The number of amides is 1. The lowest BCUT2D eigenvalue weighted by Gasteiger charge is -2.44. The molecule has 0 saturated carbocycles. The molecule has 0 radical (unpaired) electrons. The summed E-state index contributed by atoms with van der Waals surface area (Å²) in [7, 11) is 0. The Morgan fingerprint density at radius 2 is 2.21 bits per heavy atom. The summed E-state index contributed by atoms with van der Waals surface area (Å²) in [4.78, 5) is 32.3. The van der Waals surface area contributed by atoms with Crippen molar-refractivity contribution < 1.29 is 19.8 Å². The number of aliphatic hydroxyl groups excluding tert-OH is 1. The van der Waals surface area contributed by atoms with E-state index < -0.39 is 18.0 Å². The van der Waals surface area contributed by atoms with E-state index in [4.69, 9.17) is 0 Å². The van der Waals surface area contributed by atoms with Gasteiger partial charge in [0, 0.05) is 32.0 Å². The van der Waals surface area contributed by atoms with Crippen molar-refractivity contribution in [3.8, 4) is 0 Å². The lowest BCUT2D eigenvalue weighted by atomic mass is 9.82. The molecule has 0 bridgehead atoms. The minimum atomic E-state index is -1.03. The van der Waals surface area contributed by atoms with Crippen LogP contribution in [0, 0.1) is 11.8 Å². The Balaban J connectivity index is 1.56. The number of carbonyl (C=O) groups excluding carboxylic acids is 1. The van der Waals surface area contributed by atoms with E-state index in [2.05, 4.69) is 9.89 Å². The zero-order valence-corrected chi connectivity index (χ0v) is 13.8. The number of likely N-dealkylation sites (tertiary alicyclic amines) is 1. The molecular weight excluding hydrogens is 310 g/mol. The molecule has 0 aromatic carbocycles. The Hall–Kier alpha value is -1.89. The Morgan fingerprint density at radius 3 is 2.83 bits per heavy atom. The second-order valence-corrected chi connectivity index (χ2v) is 7.26. The number of aliphatic hydroxyl groups is 1. The number of amidine groups is 1. The molecule has 4 rings (SSSR count). The first-order valence-corrected chi connectivity index (χ1v) is 8.74. The predicted octanol–water partition coefficient (Wildman–Crippen LogP) is 0.451. The average Bonchev–Trinajstić information content (AvgIpc) is 3.23. The topological polar surface area (TPSA) is 93.4 Å². The van der Waals surface area contributed by atoms with Crippen molar-refractivity contribution in [1.82, 2.24) is 9.80 Å². The Kier molecular flexibility index (Phi) is 3.63. The van der Waals surface area contributed by atoms with Crippen LogP contribution in [-0.4, -0.2) is 69.5 Å². The van der Waals surface area contributed by atoms with Crippen LogP contribution in [0.1, 0.15) is 32.6 Å². The van der Waals surface area contributed by atoms with E-state index in [9.17, 15) is 19.8 Å². The SMILES string of the molecule is C[C@@H](O)[C@H]1C(=O)N2C(C(=O)O)=C([C@@H]3CCN(C4=NCCC4)C3)C[C@H]12. The highest BCUT2D eigenvalue weighted by molar-refractivity contribution is 5.99. The van der Waals surface area contributed by atoms with E-state index in [1.54, 1.807) is 6.92 Å². The van der Waals surface area contributed by atoms with Crippen molar-refractivity contribution in [2.75, 3.05) is 19.6 Å². The third-order valence-electron chi connectivity index (χ3n) is 5.86. The highest BCUT2D eigenvalue weighted by Crippen LogP contribution is 2.47. The molecule has 7 heteroatoms. The molecule has 0 aliphatic carbocycles. The third kappa shape index (κ3) is 2.17. The monoisotopic (exact) mass is 333 g/mol. The van der Waals surface area contributed by atoms with Gasteiger partial charge in [-0.1, -0.05) is 0 Å². The fourth-order valence-electron chi connectivity index (χ4n) is 4.73. The number of carboxylic acids is 1. The van der Waals surface area contributed by atoms with Gasteiger partial charge in [0.25, 0.3) is 0 Å². The van der Waals surface area contributed by atoms with Crippen LogP contribution in [0.15, 0.2) is 16.3 Å². The van der Waals surface area contributed by atoms with Gasteiger partial charge in [-0.3, -0.25) is 9.79 Å². The summed E-state index contributed by atoms with van der Waals surface area (Å²) >= 11 is 0. The number of aliphatic imine (C=N–C) groups is 1.